The molecule has 0 heterocycles. The van der Waals surface area contributed by atoms with Gasteiger partial charge in [0.1, 0.15) is 0 Å². The quantitative estimate of drug-likeness (QED) is 0.0210. The first kappa shape index (κ1) is 84.9. The summed E-state index contributed by atoms with van der Waals surface area (Å²) >= 11 is 0. The molecule has 12 heteroatoms. The van der Waals surface area contributed by atoms with Gasteiger partial charge in [0.2, 0.25) is 0 Å². The average Bonchev–Trinajstić information content (AvgIpc) is 3.35. The van der Waals surface area contributed by atoms with E-state index >= 15 is 0 Å². The first-order valence-corrected chi connectivity index (χ1v) is 28.8. The number of rotatable bonds is 35. The molecule has 3 rings (SSSR count). The van der Waals surface area contributed by atoms with Crippen molar-refractivity contribution in [1.29, 1.82) is 0 Å². The van der Waals surface area contributed by atoms with Gasteiger partial charge in [-0.2, -0.15) is 0 Å². The predicted molar refractivity (Wildman–Crippen MR) is 338 cm³/mol. The largest absolute Gasteiger partial charge is 0.394 e. The minimum absolute atomic E-state index is 0. The van der Waals surface area contributed by atoms with Crippen LogP contribution in [0.1, 0.15) is 256 Å². The lowest BCUT2D eigenvalue weighted by Crippen LogP contribution is -2.17. The second kappa shape index (κ2) is 74.6. The van der Waals surface area contributed by atoms with Crippen molar-refractivity contribution in [3.8, 4) is 0 Å². The number of allylic oxidation sites excluding steroid dienone is 14. The summed E-state index contributed by atoms with van der Waals surface area (Å²) in [7, 11) is 0. The van der Waals surface area contributed by atoms with E-state index < -0.39 is 0 Å². The second-order valence-electron chi connectivity index (χ2n) is 18.9. The number of hydrogen-bond acceptors (Lipinski definition) is 8. The normalized spacial score (nSPS) is 17.8. The highest BCUT2D eigenvalue weighted by Gasteiger charge is 2.10. The highest BCUT2D eigenvalue weighted by Crippen LogP contribution is 2.18. The van der Waals surface area contributed by atoms with Crippen LogP contribution in [0.3, 0.4) is 0 Å². The van der Waals surface area contributed by atoms with E-state index in [1.165, 1.54) is 77.0 Å². The molecule has 3 aliphatic rings. The van der Waals surface area contributed by atoms with Crippen LogP contribution in [0, 0.1) is 0 Å². The minimum Gasteiger partial charge on any atom is -0.394 e. The Hall–Kier alpha value is -3.44. The van der Waals surface area contributed by atoms with Crippen molar-refractivity contribution in [2.75, 3.05) is 52.9 Å². The summed E-state index contributed by atoms with van der Waals surface area (Å²) in [4.78, 5) is 5.83. The summed E-state index contributed by atoms with van der Waals surface area (Å²) in [5, 5.41) is 25.0. The van der Waals surface area contributed by atoms with Crippen LogP contribution in [0.2, 0.25) is 0 Å². The summed E-state index contributed by atoms with van der Waals surface area (Å²) in [5.74, 6) is 0. The van der Waals surface area contributed by atoms with Crippen LogP contribution in [0.5, 0.6) is 0 Å². The summed E-state index contributed by atoms with van der Waals surface area (Å²) in [5.41, 5.74) is 16.9. The van der Waals surface area contributed by atoms with E-state index in [0.29, 0.717) is 45.7 Å². The molecule has 0 spiro atoms. The third kappa shape index (κ3) is 66.8. The van der Waals surface area contributed by atoms with E-state index in [1.54, 1.807) is 0 Å². The number of aliphatic hydroxyl groups is 2. The van der Waals surface area contributed by atoms with Gasteiger partial charge in [0, 0.05) is 21.9 Å². The Balaban J connectivity index is -0.000000262. The van der Waals surface area contributed by atoms with Crippen molar-refractivity contribution in [3.63, 3.8) is 0 Å². The summed E-state index contributed by atoms with van der Waals surface area (Å²) in [6, 6.07) is 0.370. The second-order valence-corrected chi connectivity index (χ2v) is 18.9. The van der Waals surface area contributed by atoms with Crippen molar-refractivity contribution in [1.82, 2.24) is 0 Å². The molecule has 77 heavy (non-hydrogen) atoms. The number of hydrogen-bond donors (Lipinski definition) is 2. The molecule has 0 aromatic rings. The molecule has 0 bridgehead atoms. The number of nitrogens with zero attached hydrogens (tertiary/aromatic N) is 6. The average molecular weight is 1090 g/mol. The topological polar surface area (TPSA) is 175 Å². The zero-order valence-electron chi connectivity index (χ0n) is 45.9. The molecular weight excluding hydrogens is 961 g/mol. The molecule has 3 aliphatic carbocycles. The highest BCUT2D eigenvalue weighted by molar-refractivity contribution is 4.88. The van der Waals surface area contributed by atoms with Gasteiger partial charge in [-0.25, -0.2) is 0 Å². The smallest absolute Gasteiger partial charge is 0.0704 e. The lowest BCUT2D eigenvalue weighted by molar-refractivity contribution is -0.00886. The van der Waals surface area contributed by atoms with Crippen molar-refractivity contribution < 1.29 is 29.2 Å². The molecule has 0 aromatic carbocycles. The van der Waals surface area contributed by atoms with Crippen molar-refractivity contribution >= 4 is 0 Å². The maximum atomic E-state index is 8.79. The van der Waals surface area contributed by atoms with E-state index in [9.17, 15) is 0 Å². The van der Waals surface area contributed by atoms with Gasteiger partial charge in [-0.05, 0) is 205 Å². The minimum atomic E-state index is 0. The van der Waals surface area contributed by atoms with E-state index in [4.69, 9.17) is 40.2 Å². The maximum absolute atomic E-state index is 8.79. The number of aliphatic hydroxyl groups excluding tert-OH is 2. The van der Waals surface area contributed by atoms with E-state index in [1.807, 2.05) is 6.92 Å². The third-order valence-electron chi connectivity index (χ3n) is 12.6. The number of unbranched alkanes of at least 4 members (excludes halogenated alkanes) is 7. The molecule has 0 saturated heterocycles. The lowest BCUT2D eigenvalue weighted by Gasteiger charge is -2.18. The molecule has 4 unspecified atom stereocenters. The first-order chi connectivity index (χ1) is 35.6. The SMILES string of the molecule is C.C.C.C.C.C1=CCCCCCC1.CC=CCCCC(CC/C=C/CCCCCC/C=C/CCCC(CCC=CC)N=[N+]=[N-])OCCOCCO.OCCOCCOC1CC/C=C\CCC1.[N-]=[N+]=NC1CC/C=C\CCC1. The maximum Gasteiger partial charge on any atom is 0.0704 e. The molecule has 0 amide bonds. The van der Waals surface area contributed by atoms with Crippen LogP contribution in [-0.4, -0.2) is 87.4 Å². The van der Waals surface area contributed by atoms with Crippen LogP contribution < -0.4 is 0 Å². The van der Waals surface area contributed by atoms with E-state index in [2.05, 4.69) is 112 Å². The third-order valence-corrected chi connectivity index (χ3v) is 12.6. The summed E-state index contributed by atoms with van der Waals surface area (Å²) < 4.78 is 22.2. The standard InChI is InChI=1S/C32H57N3O3.C12H22O3.C8H13N3.C8H14.5CH4/c1-3-5-7-21-25-32(38-30-29-37-28-27-36)26-22-18-16-14-12-10-8-9-11-13-15-17-20-24-31(34-35-33)23-19-6-4-2;13-8-9-14-10-11-15-12-6-4-2-1-3-5-7-12;9-11-10-8-6-4-2-1-3-5-7-8;1-2-4-6-8-7-5-3-1;;;;;/h3-6,13,15-16,18,31-32,36H,7-12,14,17,19-30H2,1-2H3;1-2,12-13H,3-11H2;1-2,8H,3-7H2;1-2H,3-8H2;5*1H4/b5-3?,6-4?,15-13+,18-16+;2*2-1-;;;;;;. The Morgan fingerprint density at radius 1 is 0.481 bits per heavy atom. The Kier molecular flexibility index (Phi) is 82.2. The Labute approximate surface area is 477 Å². The van der Waals surface area contributed by atoms with Gasteiger partial charge in [-0.1, -0.05) is 158 Å². The van der Waals surface area contributed by atoms with Crippen LogP contribution in [0.4, 0.5) is 0 Å². The summed E-state index contributed by atoms with van der Waals surface area (Å²) in [6.45, 7) is 7.43. The zero-order valence-corrected chi connectivity index (χ0v) is 45.9. The van der Waals surface area contributed by atoms with Gasteiger partial charge < -0.3 is 29.2 Å². The van der Waals surface area contributed by atoms with Gasteiger partial charge in [-0.15, -0.1) is 0 Å². The highest BCUT2D eigenvalue weighted by atomic mass is 16.5. The van der Waals surface area contributed by atoms with E-state index in [0.717, 1.165) is 128 Å². The Morgan fingerprint density at radius 3 is 1.56 bits per heavy atom. The fourth-order valence-corrected chi connectivity index (χ4v) is 8.45. The van der Waals surface area contributed by atoms with Gasteiger partial charge in [0.25, 0.3) is 0 Å². The van der Waals surface area contributed by atoms with Crippen molar-refractivity contribution in [2.45, 2.75) is 281 Å². The molecule has 12 nitrogen and oxygen atoms in total. The first-order valence-electron chi connectivity index (χ1n) is 28.8. The van der Waals surface area contributed by atoms with Crippen LogP contribution in [0.25, 0.3) is 20.9 Å². The monoisotopic (exact) mass is 1090 g/mol. The van der Waals surface area contributed by atoms with Gasteiger partial charge in [0.05, 0.1) is 65.1 Å². The lowest BCUT2D eigenvalue weighted by atomic mass is 10.0. The molecule has 0 saturated carbocycles. The number of ether oxygens (including phenoxy) is 4. The van der Waals surface area contributed by atoms with Crippen molar-refractivity contribution in [3.05, 3.63) is 106 Å². The molecule has 4 atom stereocenters. The van der Waals surface area contributed by atoms with Crippen LogP contribution in [-0.2, 0) is 18.9 Å². The van der Waals surface area contributed by atoms with E-state index in [-0.39, 0.29) is 68.5 Å². The predicted octanol–water partition coefficient (Wildman–Crippen LogP) is 20.7. The molecule has 0 fully saturated rings. The fourth-order valence-electron chi connectivity index (χ4n) is 8.45. The fraction of sp³-hybridized carbons (Fsp3) is 0.785. The van der Waals surface area contributed by atoms with Gasteiger partial charge >= 0.3 is 0 Å². The number of azide groups is 2. The van der Waals surface area contributed by atoms with Gasteiger partial charge in [0.15, 0.2) is 0 Å². The van der Waals surface area contributed by atoms with Crippen molar-refractivity contribution in [2.24, 2.45) is 10.2 Å². The summed E-state index contributed by atoms with van der Waals surface area (Å²) in [6.07, 6.45) is 69.6. The molecule has 0 aliphatic heterocycles. The molecule has 452 valence electrons. The molecule has 2 N–H and O–H groups in total. The zero-order chi connectivity index (χ0) is 52.2. The molecule has 0 aromatic heterocycles. The Bertz CT molecular complexity index is 1440. The van der Waals surface area contributed by atoms with Crippen LogP contribution in [0.15, 0.2) is 95.3 Å². The molecular formula is C65H126N6O6. The Morgan fingerprint density at radius 2 is 0.974 bits per heavy atom. The molecule has 0 radical (unpaired) electrons. The van der Waals surface area contributed by atoms with Crippen LogP contribution >= 0.6 is 0 Å². The van der Waals surface area contributed by atoms with Gasteiger partial charge in [-0.3, -0.25) is 0 Å².